The lowest BCUT2D eigenvalue weighted by atomic mass is 10.0. The first-order chi connectivity index (χ1) is 9.84. The third kappa shape index (κ3) is 2.99. The molecule has 0 radical (unpaired) electrons. The number of halogens is 4. The standard InChI is InChI=1S/C13H8F4N2O2/c1-21-12-10(18-4-5-19-12)11(20)8-6-7(14)2-3-9(8)13(15,16)17/h2-6H,1H3. The van der Waals surface area contributed by atoms with E-state index in [1.807, 2.05) is 0 Å². The van der Waals surface area contributed by atoms with Crippen molar-refractivity contribution in [3.05, 3.63) is 53.2 Å². The van der Waals surface area contributed by atoms with Crippen LogP contribution in [0.25, 0.3) is 0 Å². The number of nitrogens with zero attached hydrogens (tertiary/aromatic N) is 2. The summed E-state index contributed by atoms with van der Waals surface area (Å²) in [7, 11) is 1.19. The van der Waals surface area contributed by atoms with E-state index in [0.717, 1.165) is 6.20 Å². The highest BCUT2D eigenvalue weighted by molar-refractivity contribution is 6.10. The number of carbonyl (C=O) groups excluding carboxylic acids is 1. The molecule has 0 N–H and O–H groups in total. The van der Waals surface area contributed by atoms with Crippen molar-refractivity contribution in [2.75, 3.05) is 7.11 Å². The summed E-state index contributed by atoms with van der Waals surface area (Å²) in [5, 5.41) is 0. The number of rotatable bonds is 3. The molecule has 0 atom stereocenters. The van der Waals surface area contributed by atoms with E-state index in [4.69, 9.17) is 4.74 Å². The number of alkyl halides is 3. The molecule has 0 bridgehead atoms. The Morgan fingerprint density at radius 2 is 1.86 bits per heavy atom. The van der Waals surface area contributed by atoms with Crippen LogP contribution >= 0.6 is 0 Å². The third-order valence-electron chi connectivity index (χ3n) is 2.60. The number of methoxy groups -OCH3 is 1. The molecule has 1 aromatic carbocycles. The highest BCUT2D eigenvalue weighted by Gasteiger charge is 2.36. The summed E-state index contributed by atoms with van der Waals surface area (Å²) in [6, 6.07) is 1.65. The summed E-state index contributed by atoms with van der Waals surface area (Å²) < 4.78 is 56.7. The molecule has 8 heteroatoms. The van der Waals surface area contributed by atoms with Gasteiger partial charge in [-0.25, -0.2) is 14.4 Å². The molecule has 1 heterocycles. The van der Waals surface area contributed by atoms with Crippen LogP contribution in [0, 0.1) is 5.82 Å². The summed E-state index contributed by atoms with van der Waals surface area (Å²) >= 11 is 0. The first-order valence-corrected chi connectivity index (χ1v) is 5.61. The number of ketones is 1. The lowest BCUT2D eigenvalue weighted by Gasteiger charge is -2.12. The molecule has 2 aromatic rings. The maximum Gasteiger partial charge on any atom is 0.417 e. The SMILES string of the molecule is COc1nccnc1C(=O)c1cc(F)ccc1C(F)(F)F. The van der Waals surface area contributed by atoms with Crippen molar-refractivity contribution in [3.8, 4) is 5.88 Å². The Bertz CT molecular complexity index is 686. The van der Waals surface area contributed by atoms with Gasteiger partial charge in [0.15, 0.2) is 5.69 Å². The minimum absolute atomic E-state index is 0.236. The maximum atomic E-state index is 13.2. The summed E-state index contributed by atoms with van der Waals surface area (Å²) in [6.07, 6.45) is -2.46. The molecular weight excluding hydrogens is 292 g/mol. The van der Waals surface area contributed by atoms with Crippen LogP contribution in [0.2, 0.25) is 0 Å². The number of carbonyl (C=O) groups is 1. The zero-order valence-corrected chi connectivity index (χ0v) is 10.6. The Kier molecular flexibility index (Phi) is 3.88. The summed E-state index contributed by atoms with van der Waals surface area (Å²) in [5.41, 5.74) is -2.51. The largest absolute Gasteiger partial charge is 0.479 e. The predicted octanol–water partition coefficient (Wildman–Crippen LogP) is 2.87. The second-order valence-corrected chi connectivity index (χ2v) is 3.93. The Morgan fingerprint density at radius 1 is 1.19 bits per heavy atom. The van der Waals surface area contributed by atoms with Crippen molar-refractivity contribution in [3.63, 3.8) is 0 Å². The van der Waals surface area contributed by atoms with Crippen molar-refractivity contribution in [2.45, 2.75) is 6.18 Å². The van der Waals surface area contributed by atoms with Crippen molar-refractivity contribution >= 4 is 5.78 Å². The van der Waals surface area contributed by atoms with Gasteiger partial charge in [-0.15, -0.1) is 0 Å². The Hall–Kier alpha value is -2.51. The molecule has 0 fully saturated rings. The van der Waals surface area contributed by atoms with Gasteiger partial charge in [-0.2, -0.15) is 13.2 Å². The van der Waals surface area contributed by atoms with Gasteiger partial charge < -0.3 is 4.74 Å². The first kappa shape index (κ1) is 14.9. The average molecular weight is 300 g/mol. The van der Waals surface area contributed by atoms with E-state index in [2.05, 4.69) is 9.97 Å². The van der Waals surface area contributed by atoms with Crippen LogP contribution in [0.1, 0.15) is 21.6 Å². The van der Waals surface area contributed by atoms with Crippen LogP contribution in [0.3, 0.4) is 0 Å². The molecule has 0 amide bonds. The molecule has 1 aromatic heterocycles. The zero-order valence-electron chi connectivity index (χ0n) is 10.6. The second-order valence-electron chi connectivity index (χ2n) is 3.93. The fraction of sp³-hybridized carbons (Fsp3) is 0.154. The van der Waals surface area contributed by atoms with E-state index in [1.54, 1.807) is 0 Å². The van der Waals surface area contributed by atoms with Gasteiger partial charge in [0, 0.05) is 18.0 Å². The molecule has 0 aliphatic carbocycles. The van der Waals surface area contributed by atoms with Crippen LogP contribution in [-0.2, 0) is 6.18 Å². The van der Waals surface area contributed by atoms with Crippen LogP contribution in [0.15, 0.2) is 30.6 Å². The van der Waals surface area contributed by atoms with Gasteiger partial charge in [-0.05, 0) is 18.2 Å². The van der Waals surface area contributed by atoms with E-state index in [0.29, 0.717) is 18.2 Å². The molecule has 0 saturated heterocycles. The Balaban J connectivity index is 2.61. The smallest absolute Gasteiger partial charge is 0.417 e. The van der Waals surface area contributed by atoms with E-state index in [1.165, 1.54) is 13.3 Å². The Labute approximate surface area is 116 Å². The lowest BCUT2D eigenvalue weighted by Crippen LogP contribution is -2.16. The topological polar surface area (TPSA) is 52.1 Å². The van der Waals surface area contributed by atoms with Gasteiger partial charge in [-0.3, -0.25) is 4.79 Å². The van der Waals surface area contributed by atoms with Crippen molar-refractivity contribution in [1.29, 1.82) is 0 Å². The molecule has 0 unspecified atom stereocenters. The quantitative estimate of drug-likeness (QED) is 0.646. The fourth-order valence-corrected chi connectivity index (χ4v) is 1.71. The molecule has 0 spiro atoms. The number of hydrogen-bond acceptors (Lipinski definition) is 4. The van der Waals surface area contributed by atoms with Gasteiger partial charge in [-0.1, -0.05) is 0 Å². The van der Waals surface area contributed by atoms with Crippen LogP contribution in [-0.4, -0.2) is 22.9 Å². The van der Waals surface area contributed by atoms with Crippen LogP contribution < -0.4 is 4.74 Å². The van der Waals surface area contributed by atoms with Crippen molar-refractivity contribution in [1.82, 2.24) is 9.97 Å². The van der Waals surface area contributed by atoms with E-state index in [9.17, 15) is 22.4 Å². The lowest BCUT2D eigenvalue weighted by molar-refractivity contribution is -0.137. The summed E-state index contributed by atoms with van der Waals surface area (Å²) in [4.78, 5) is 19.5. The minimum Gasteiger partial charge on any atom is -0.479 e. The average Bonchev–Trinajstić information content (AvgIpc) is 2.45. The molecule has 21 heavy (non-hydrogen) atoms. The summed E-state index contributed by atoms with van der Waals surface area (Å²) in [5.74, 6) is -2.32. The zero-order chi connectivity index (χ0) is 15.6. The van der Waals surface area contributed by atoms with Gasteiger partial charge >= 0.3 is 6.18 Å². The van der Waals surface area contributed by atoms with Gasteiger partial charge in [0.25, 0.3) is 0 Å². The summed E-state index contributed by atoms with van der Waals surface area (Å²) in [6.45, 7) is 0. The number of ether oxygens (including phenoxy) is 1. The molecule has 2 rings (SSSR count). The Morgan fingerprint density at radius 3 is 2.48 bits per heavy atom. The van der Waals surface area contributed by atoms with Gasteiger partial charge in [0.05, 0.1) is 12.7 Å². The highest BCUT2D eigenvalue weighted by Crippen LogP contribution is 2.33. The van der Waals surface area contributed by atoms with Crippen LogP contribution in [0.5, 0.6) is 5.88 Å². The number of aromatic nitrogens is 2. The first-order valence-electron chi connectivity index (χ1n) is 5.61. The highest BCUT2D eigenvalue weighted by atomic mass is 19.4. The van der Waals surface area contributed by atoms with Gasteiger partial charge in [0.1, 0.15) is 5.82 Å². The number of hydrogen-bond donors (Lipinski definition) is 0. The van der Waals surface area contributed by atoms with E-state index < -0.39 is 34.6 Å². The van der Waals surface area contributed by atoms with E-state index >= 15 is 0 Å². The van der Waals surface area contributed by atoms with Crippen LogP contribution in [0.4, 0.5) is 17.6 Å². The molecule has 0 aliphatic rings. The second kappa shape index (κ2) is 5.47. The normalized spacial score (nSPS) is 11.3. The van der Waals surface area contributed by atoms with Crippen molar-refractivity contribution in [2.24, 2.45) is 0 Å². The molecule has 0 saturated carbocycles. The maximum absolute atomic E-state index is 13.2. The predicted molar refractivity (Wildman–Crippen MR) is 63.4 cm³/mol. The molecular formula is C13H8F4N2O2. The van der Waals surface area contributed by atoms with Crippen molar-refractivity contribution < 1.29 is 27.1 Å². The molecule has 4 nitrogen and oxygen atoms in total. The third-order valence-corrected chi connectivity index (χ3v) is 2.60. The number of benzene rings is 1. The fourth-order valence-electron chi connectivity index (χ4n) is 1.71. The minimum atomic E-state index is -4.80. The monoisotopic (exact) mass is 300 g/mol. The molecule has 0 aliphatic heterocycles. The van der Waals surface area contributed by atoms with E-state index in [-0.39, 0.29) is 5.88 Å². The van der Waals surface area contributed by atoms with Gasteiger partial charge in [0.2, 0.25) is 11.7 Å². The molecule has 110 valence electrons.